The second-order valence-corrected chi connectivity index (χ2v) is 11.0. The first kappa shape index (κ1) is 20.8. The predicted molar refractivity (Wildman–Crippen MR) is 111 cm³/mol. The summed E-state index contributed by atoms with van der Waals surface area (Å²) in [6.45, 7) is 11.6. The van der Waals surface area contributed by atoms with E-state index in [0.717, 1.165) is 31.7 Å². The molecule has 2 aliphatic heterocycles. The summed E-state index contributed by atoms with van der Waals surface area (Å²) in [6.07, 6.45) is 5.61. The molecule has 2 saturated heterocycles. The molecule has 5 heteroatoms. The van der Waals surface area contributed by atoms with E-state index in [1.165, 1.54) is 31.5 Å². The number of hydrogen-bond acceptors (Lipinski definition) is 3. The normalized spacial score (nSPS) is 23.8. The zero-order valence-electron chi connectivity index (χ0n) is 17.2. The van der Waals surface area contributed by atoms with Gasteiger partial charge in [0.25, 0.3) is 0 Å². The highest BCUT2D eigenvalue weighted by molar-refractivity contribution is 7.89. The highest BCUT2D eigenvalue weighted by Crippen LogP contribution is 2.26. The fraction of sp³-hybridized carbons (Fsp3) is 0.727. The lowest BCUT2D eigenvalue weighted by molar-refractivity contribution is 0.136. The van der Waals surface area contributed by atoms with E-state index in [2.05, 4.69) is 25.7 Å². The van der Waals surface area contributed by atoms with Gasteiger partial charge >= 0.3 is 0 Å². The molecule has 0 saturated carbocycles. The number of hydrogen-bond donors (Lipinski definition) is 0. The van der Waals surface area contributed by atoms with Crippen LogP contribution in [0.3, 0.4) is 0 Å². The minimum Gasteiger partial charge on any atom is -0.303 e. The summed E-state index contributed by atoms with van der Waals surface area (Å²) in [7, 11) is -3.35. The summed E-state index contributed by atoms with van der Waals surface area (Å²) in [5.41, 5.74) is 1.21. The molecule has 1 aromatic carbocycles. The summed E-state index contributed by atoms with van der Waals surface area (Å²) in [5.74, 6) is 2.02. The zero-order valence-corrected chi connectivity index (χ0v) is 18.0. The molecule has 1 unspecified atom stereocenters. The summed E-state index contributed by atoms with van der Waals surface area (Å²) in [4.78, 5) is 3.04. The van der Waals surface area contributed by atoms with Gasteiger partial charge in [0.1, 0.15) is 0 Å². The van der Waals surface area contributed by atoms with Crippen molar-refractivity contribution in [3.8, 4) is 0 Å². The van der Waals surface area contributed by atoms with E-state index in [-0.39, 0.29) is 0 Å². The van der Waals surface area contributed by atoms with Crippen LogP contribution in [0.4, 0.5) is 0 Å². The van der Waals surface area contributed by atoms with E-state index < -0.39 is 10.0 Å². The lowest BCUT2D eigenvalue weighted by atomic mass is 9.94. The van der Waals surface area contributed by atoms with Crippen LogP contribution in [0.1, 0.15) is 52.0 Å². The summed E-state index contributed by atoms with van der Waals surface area (Å²) >= 11 is 0. The largest absolute Gasteiger partial charge is 0.303 e. The van der Waals surface area contributed by atoms with E-state index in [9.17, 15) is 8.42 Å². The second kappa shape index (κ2) is 9.06. The van der Waals surface area contributed by atoms with E-state index in [4.69, 9.17) is 0 Å². The number of likely N-dealkylation sites (tertiary alicyclic amines) is 1. The molecule has 152 valence electrons. The SMILES string of the molecule is CC(C)Cc1ccc(S(=O)(=O)N2CCC(CN3CCCC(C)C3)CC2)cc1. The van der Waals surface area contributed by atoms with Gasteiger partial charge in [0.15, 0.2) is 0 Å². The Morgan fingerprint density at radius 3 is 2.30 bits per heavy atom. The van der Waals surface area contributed by atoms with Gasteiger partial charge in [-0.15, -0.1) is 0 Å². The molecule has 3 rings (SSSR count). The van der Waals surface area contributed by atoms with Gasteiger partial charge in [-0.1, -0.05) is 32.9 Å². The summed E-state index contributed by atoms with van der Waals surface area (Å²) in [6, 6.07) is 7.51. The summed E-state index contributed by atoms with van der Waals surface area (Å²) in [5, 5.41) is 0. The number of nitrogens with zero attached hydrogens (tertiary/aromatic N) is 2. The van der Waals surface area contributed by atoms with Crippen molar-refractivity contribution in [3.05, 3.63) is 29.8 Å². The maximum atomic E-state index is 13.0. The van der Waals surface area contributed by atoms with E-state index in [1.54, 1.807) is 16.4 Å². The molecule has 1 atom stereocenters. The number of rotatable bonds is 6. The van der Waals surface area contributed by atoms with Gasteiger partial charge in [-0.2, -0.15) is 4.31 Å². The van der Waals surface area contributed by atoms with Gasteiger partial charge in [0.05, 0.1) is 4.90 Å². The van der Waals surface area contributed by atoms with Crippen LogP contribution in [0.2, 0.25) is 0 Å². The average Bonchev–Trinajstić information content (AvgIpc) is 2.62. The topological polar surface area (TPSA) is 40.6 Å². The third-order valence-corrected chi connectivity index (χ3v) is 7.95. The third kappa shape index (κ3) is 5.55. The molecule has 27 heavy (non-hydrogen) atoms. The van der Waals surface area contributed by atoms with Gasteiger partial charge in [-0.25, -0.2) is 8.42 Å². The molecule has 4 nitrogen and oxygen atoms in total. The maximum Gasteiger partial charge on any atom is 0.243 e. The molecule has 2 fully saturated rings. The zero-order chi connectivity index (χ0) is 19.4. The first-order valence-electron chi connectivity index (χ1n) is 10.7. The lowest BCUT2D eigenvalue weighted by Crippen LogP contribution is -2.43. The molecular formula is C22H36N2O2S. The molecule has 0 N–H and O–H groups in total. The number of sulfonamides is 1. The van der Waals surface area contributed by atoms with Gasteiger partial charge in [-0.05, 0) is 74.1 Å². The Labute approximate surface area is 166 Å². The van der Waals surface area contributed by atoms with Crippen LogP contribution in [-0.2, 0) is 16.4 Å². The van der Waals surface area contributed by atoms with Gasteiger partial charge in [-0.3, -0.25) is 0 Å². The van der Waals surface area contributed by atoms with Crippen LogP contribution in [-0.4, -0.2) is 50.3 Å². The predicted octanol–water partition coefficient (Wildman–Crippen LogP) is 4.02. The highest BCUT2D eigenvalue weighted by Gasteiger charge is 2.30. The third-order valence-electron chi connectivity index (χ3n) is 6.04. The molecule has 0 aliphatic carbocycles. The van der Waals surface area contributed by atoms with Gasteiger partial charge in [0.2, 0.25) is 10.0 Å². The Morgan fingerprint density at radius 1 is 1.04 bits per heavy atom. The Morgan fingerprint density at radius 2 is 1.70 bits per heavy atom. The van der Waals surface area contributed by atoms with Crippen LogP contribution in [0.25, 0.3) is 0 Å². The van der Waals surface area contributed by atoms with Crippen molar-refractivity contribution in [2.75, 3.05) is 32.7 Å². The van der Waals surface area contributed by atoms with Crippen LogP contribution in [0, 0.1) is 17.8 Å². The van der Waals surface area contributed by atoms with Crippen LogP contribution < -0.4 is 0 Å². The monoisotopic (exact) mass is 392 g/mol. The van der Waals surface area contributed by atoms with Crippen molar-refractivity contribution in [1.82, 2.24) is 9.21 Å². The number of piperidine rings is 2. The summed E-state index contributed by atoms with van der Waals surface area (Å²) < 4.78 is 27.6. The number of benzene rings is 1. The molecular weight excluding hydrogens is 356 g/mol. The standard InChI is InChI=1S/C22H36N2O2S/c1-18(2)15-20-6-8-22(9-7-20)27(25,26)24-13-10-21(11-14-24)17-23-12-4-5-19(3)16-23/h6-9,18-19,21H,4-5,10-17H2,1-3H3. The maximum absolute atomic E-state index is 13.0. The van der Waals surface area contributed by atoms with Crippen molar-refractivity contribution in [3.63, 3.8) is 0 Å². The van der Waals surface area contributed by atoms with E-state index in [0.29, 0.717) is 29.8 Å². The smallest absolute Gasteiger partial charge is 0.243 e. The molecule has 2 heterocycles. The Kier molecular flexibility index (Phi) is 6.98. The molecule has 0 spiro atoms. The van der Waals surface area contributed by atoms with Crippen molar-refractivity contribution in [2.45, 2.75) is 57.8 Å². The van der Waals surface area contributed by atoms with Crippen molar-refractivity contribution < 1.29 is 8.42 Å². The van der Waals surface area contributed by atoms with Crippen molar-refractivity contribution in [2.24, 2.45) is 17.8 Å². The fourth-order valence-electron chi connectivity index (χ4n) is 4.57. The Hall–Kier alpha value is -0.910. The van der Waals surface area contributed by atoms with E-state index in [1.807, 2.05) is 12.1 Å². The molecule has 0 amide bonds. The van der Waals surface area contributed by atoms with Crippen LogP contribution in [0.15, 0.2) is 29.2 Å². The minimum atomic E-state index is -3.35. The molecule has 0 bridgehead atoms. The molecule has 1 aromatic rings. The molecule has 0 radical (unpaired) electrons. The quantitative estimate of drug-likeness (QED) is 0.734. The first-order valence-corrected chi connectivity index (χ1v) is 12.1. The van der Waals surface area contributed by atoms with Crippen molar-refractivity contribution >= 4 is 10.0 Å². The van der Waals surface area contributed by atoms with Gasteiger partial charge in [0, 0.05) is 26.2 Å². The van der Waals surface area contributed by atoms with Gasteiger partial charge < -0.3 is 4.90 Å². The van der Waals surface area contributed by atoms with Crippen molar-refractivity contribution in [1.29, 1.82) is 0 Å². The fourth-order valence-corrected chi connectivity index (χ4v) is 6.04. The van der Waals surface area contributed by atoms with Crippen LogP contribution >= 0.6 is 0 Å². The lowest BCUT2D eigenvalue weighted by Gasteiger charge is -2.37. The molecule has 2 aliphatic rings. The minimum absolute atomic E-state index is 0.443. The molecule has 0 aromatic heterocycles. The highest BCUT2D eigenvalue weighted by atomic mass is 32.2. The van der Waals surface area contributed by atoms with Crippen LogP contribution in [0.5, 0.6) is 0 Å². The second-order valence-electron chi connectivity index (χ2n) is 9.10. The average molecular weight is 393 g/mol. The Bertz CT molecular complexity index is 692. The Balaban J connectivity index is 1.54. The first-order chi connectivity index (χ1) is 12.8. The van der Waals surface area contributed by atoms with E-state index >= 15 is 0 Å².